The van der Waals surface area contributed by atoms with Crippen LogP contribution in [0.4, 0.5) is 0 Å². The van der Waals surface area contributed by atoms with Crippen LogP contribution in [-0.2, 0) is 14.4 Å². The molecule has 1 fully saturated rings. The SMILES string of the molecule is CC(=O)CC[C@@H]1C(=O)C([C@@H](C)C=O)CC[C@H]1C. The van der Waals surface area contributed by atoms with E-state index in [2.05, 4.69) is 6.92 Å². The Morgan fingerprint density at radius 2 is 2.12 bits per heavy atom. The van der Waals surface area contributed by atoms with Crippen LogP contribution in [0.15, 0.2) is 0 Å². The molecule has 0 heterocycles. The predicted octanol–water partition coefficient (Wildman–Crippen LogP) is 2.42. The highest BCUT2D eigenvalue weighted by atomic mass is 16.1. The number of carbonyl (C=O) groups excluding carboxylic acids is 3. The van der Waals surface area contributed by atoms with Gasteiger partial charge in [-0.3, -0.25) is 4.79 Å². The van der Waals surface area contributed by atoms with Crippen molar-refractivity contribution in [2.75, 3.05) is 0 Å². The second kappa shape index (κ2) is 6.08. The molecule has 1 saturated carbocycles. The maximum Gasteiger partial charge on any atom is 0.140 e. The third-order valence-corrected chi connectivity index (χ3v) is 4.01. The molecule has 96 valence electrons. The lowest BCUT2D eigenvalue weighted by molar-refractivity contribution is -0.135. The summed E-state index contributed by atoms with van der Waals surface area (Å²) in [5, 5.41) is 0. The summed E-state index contributed by atoms with van der Waals surface area (Å²) in [5.41, 5.74) is 0. The van der Waals surface area contributed by atoms with Crippen molar-refractivity contribution >= 4 is 17.9 Å². The Morgan fingerprint density at radius 3 is 2.65 bits per heavy atom. The van der Waals surface area contributed by atoms with Crippen LogP contribution < -0.4 is 0 Å². The fourth-order valence-corrected chi connectivity index (χ4v) is 2.74. The summed E-state index contributed by atoms with van der Waals surface area (Å²) in [6.07, 6.45) is 3.80. The van der Waals surface area contributed by atoms with Gasteiger partial charge in [0.2, 0.25) is 0 Å². The quantitative estimate of drug-likeness (QED) is 0.691. The fourth-order valence-electron chi connectivity index (χ4n) is 2.74. The Morgan fingerprint density at radius 1 is 1.47 bits per heavy atom. The van der Waals surface area contributed by atoms with E-state index >= 15 is 0 Å². The van der Waals surface area contributed by atoms with Gasteiger partial charge in [-0.15, -0.1) is 0 Å². The molecule has 3 nitrogen and oxygen atoms in total. The molecule has 1 aliphatic rings. The second-order valence-corrected chi connectivity index (χ2v) is 5.41. The minimum absolute atomic E-state index is 0.0277. The van der Waals surface area contributed by atoms with Gasteiger partial charge in [0.15, 0.2) is 0 Å². The van der Waals surface area contributed by atoms with E-state index in [4.69, 9.17) is 0 Å². The third-order valence-electron chi connectivity index (χ3n) is 4.01. The molecule has 0 amide bonds. The predicted molar refractivity (Wildman–Crippen MR) is 65.5 cm³/mol. The number of carbonyl (C=O) groups is 3. The Hall–Kier alpha value is -0.990. The van der Waals surface area contributed by atoms with Crippen LogP contribution in [0.25, 0.3) is 0 Å². The van der Waals surface area contributed by atoms with Gasteiger partial charge in [0.25, 0.3) is 0 Å². The van der Waals surface area contributed by atoms with Crippen LogP contribution in [0.3, 0.4) is 0 Å². The largest absolute Gasteiger partial charge is 0.303 e. The van der Waals surface area contributed by atoms with Crippen molar-refractivity contribution in [3.8, 4) is 0 Å². The molecule has 0 aliphatic heterocycles. The summed E-state index contributed by atoms with van der Waals surface area (Å²) < 4.78 is 0. The first kappa shape index (κ1) is 14.1. The summed E-state index contributed by atoms with van der Waals surface area (Å²) in [4.78, 5) is 34.1. The van der Waals surface area contributed by atoms with Crippen molar-refractivity contribution in [2.45, 2.75) is 46.5 Å². The summed E-state index contributed by atoms with van der Waals surface area (Å²) in [7, 11) is 0. The molecular weight excluding hydrogens is 216 g/mol. The van der Waals surface area contributed by atoms with Gasteiger partial charge >= 0.3 is 0 Å². The minimum Gasteiger partial charge on any atom is -0.303 e. The molecule has 1 unspecified atom stereocenters. The smallest absolute Gasteiger partial charge is 0.140 e. The van der Waals surface area contributed by atoms with E-state index in [9.17, 15) is 14.4 Å². The highest BCUT2D eigenvalue weighted by Gasteiger charge is 2.37. The van der Waals surface area contributed by atoms with E-state index in [1.807, 2.05) is 6.92 Å². The summed E-state index contributed by atoms with van der Waals surface area (Å²) in [6.45, 7) is 5.45. The molecule has 17 heavy (non-hydrogen) atoms. The summed E-state index contributed by atoms with van der Waals surface area (Å²) in [5.74, 6) is 0.340. The van der Waals surface area contributed by atoms with Crippen molar-refractivity contribution in [1.82, 2.24) is 0 Å². The molecule has 0 spiro atoms. The molecule has 0 aromatic heterocycles. The van der Waals surface area contributed by atoms with E-state index in [0.717, 1.165) is 19.1 Å². The van der Waals surface area contributed by atoms with E-state index < -0.39 is 0 Å². The Balaban J connectivity index is 2.69. The van der Waals surface area contributed by atoms with Crippen molar-refractivity contribution in [3.63, 3.8) is 0 Å². The zero-order chi connectivity index (χ0) is 13.0. The maximum absolute atomic E-state index is 12.3. The lowest BCUT2D eigenvalue weighted by Crippen LogP contribution is -2.37. The van der Waals surface area contributed by atoms with Crippen molar-refractivity contribution < 1.29 is 14.4 Å². The van der Waals surface area contributed by atoms with Gasteiger partial charge in [-0.05, 0) is 32.1 Å². The Labute approximate surface area is 103 Å². The number of ketones is 2. The molecule has 0 bridgehead atoms. The fraction of sp³-hybridized carbons (Fsp3) is 0.786. The van der Waals surface area contributed by atoms with Crippen LogP contribution in [0.1, 0.15) is 46.5 Å². The molecule has 1 rings (SSSR count). The van der Waals surface area contributed by atoms with Crippen molar-refractivity contribution in [2.24, 2.45) is 23.7 Å². The van der Waals surface area contributed by atoms with Crippen LogP contribution in [0.2, 0.25) is 0 Å². The number of hydrogen-bond donors (Lipinski definition) is 0. The van der Waals surface area contributed by atoms with Gasteiger partial charge in [-0.1, -0.05) is 13.8 Å². The Bertz CT molecular complexity index is 309. The molecule has 3 heteroatoms. The molecule has 0 saturated heterocycles. The molecule has 1 aliphatic carbocycles. The second-order valence-electron chi connectivity index (χ2n) is 5.41. The average Bonchev–Trinajstić information content (AvgIpc) is 2.27. The standard InChI is InChI=1S/C14H22O3/c1-9-4-6-13(10(2)8-15)14(17)12(9)7-5-11(3)16/h8-10,12-13H,4-7H2,1-3H3/t9-,10+,12+,13?/m1/s1. The number of aldehydes is 1. The Kier molecular flexibility index (Phi) is 5.03. The molecule has 0 aromatic rings. The van der Waals surface area contributed by atoms with E-state index in [1.54, 1.807) is 6.92 Å². The monoisotopic (exact) mass is 238 g/mol. The lowest BCUT2D eigenvalue weighted by atomic mass is 9.68. The van der Waals surface area contributed by atoms with E-state index in [-0.39, 0.29) is 29.3 Å². The lowest BCUT2D eigenvalue weighted by Gasteiger charge is -2.34. The minimum atomic E-state index is -0.185. The van der Waals surface area contributed by atoms with Gasteiger partial charge < -0.3 is 9.59 Å². The molecule has 0 N–H and O–H groups in total. The van der Waals surface area contributed by atoms with E-state index in [0.29, 0.717) is 18.8 Å². The van der Waals surface area contributed by atoms with Gasteiger partial charge in [-0.25, -0.2) is 0 Å². The van der Waals surface area contributed by atoms with Crippen molar-refractivity contribution in [3.05, 3.63) is 0 Å². The molecule has 0 radical (unpaired) electrons. The van der Waals surface area contributed by atoms with Gasteiger partial charge in [0.1, 0.15) is 17.9 Å². The van der Waals surface area contributed by atoms with Gasteiger partial charge in [0, 0.05) is 24.2 Å². The maximum atomic E-state index is 12.3. The first-order chi connectivity index (χ1) is 7.97. The number of hydrogen-bond acceptors (Lipinski definition) is 3. The van der Waals surface area contributed by atoms with Crippen LogP contribution >= 0.6 is 0 Å². The van der Waals surface area contributed by atoms with Crippen molar-refractivity contribution in [1.29, 1.82) is 0 Å². The first-order valence-electron chi connectivity index (χ1n) is 6.45. The zero-order valence-corrected chi connectivity index (χ0v) is 10.9. The number of Topliss-reactive ketones (excluding diaryl/α,β-unsaturated/α-hetero) is 2. The van der Waals surface area contributed by atoms with Crippen LogP contribution in [0.5, 0.6) is 0 Å². The highest BCUT2D eigenvalue weighted by Crippen LogP contribution is 2.36. The molecule has 0 aromatic carbocycles. The third kappa shape index (κ3) is 3.48. The number of rotatable bonds is 5. The molecule has 4 atom stereocenters. The molecular formula is C14H22O3. The highest BCUT2D eigenvalue weighted by molar-refractivity contribution is 5.87. The average molecular weight is 238 g/mol. The van der Waals surface area contributed by atoms with Gasteiger partial charge in [0.05, 0.1) is 0 Å². The summed E-state index contributed by atoms with van der Waals surface area (Å²) >= 11 is 0. The van der Waals surface area contributed by atoms with Crippen LogP contribution in [-0.4, -0.2) is 17.9 Å². The normalized spacial score (nSPS) is 31.0. The van der Waals surface area contributed by atoms with Gasteiger partial charge in [-0.2, -0.15) is 0 Å². The summed E-state index contributed by atoms with van der Waals surface area (Å²) in [6, 6.07) is 0. The topological polar surface area (TPSA) is 51.2 Å². The zero-order valence-electron chi connectivity index (χ0n) is 10.9. The van der Waals surface area contributed by atoms with E-state index in [1.165, 1.54) is 0 Å². The van der Waals surface area contributed by atoms with Crippen LogP contribution in [0, 0.1) is 23.7 Å². The first-order valence-corrected chi connectivity index (χ1v) is 6.45.